The van der Waals surface area contributed by atoms with Gasteiger partial charge in [0.1, 0.15) is 5.69 Å². The highest BCUT2D eigenvalue weighted by atomic mass is 32.2. The number of carbonyl (C=O) groups excluding carboxylic acids is 1. The average Bonchev–Trinajstić information content (AvgIpc) is 2.66. The summed E-state index contributed by atoms with van der Waals surface area (Å²) < 4.78 is 37.5. The Balaban J connectivity index is 1.42. The van der Waals surface area contributed by atoms with Gasteiger partial charge in [-0.15, -0.1) is 0 Å². The standard InChI is InChI=1S/C18H24F3N3OS/c19-18(20,21)16-2-1-14(12-22-16)17(25)23-11-13-3-7-24(8-4-13)15-5-9-26-10-6-15/h1-2,12-13,15H,3-11H2,(H,23,25). The first-order chi connectivity index (χ1) is 12.4. The fourth-order valence-corrected chi connectivity index (χ4v) is 4.69. The molecule has 4 nitrogen and oxygen atoms in total. The Kier molecular flexibility index (Phi) is 6.45. The van der Waals surface area contributed by atoms with Crippen molar-refractivity contribution in [3.8, 4) is 0 Å². The van der Waals surface area contributed by atoms with Crippen molar-refractivity contribution in [1.82, 2.24) is 15.2 Å². The van der Waals surface area contributed by atoms with Gasteiger partial charge >= 0.3 is 6.18 Å². The molecule has 2 aliphatic rings. The van der Waals surface area contributed by atoms with Gasteiger partial charge in [0.05, 0.1) is 5.56 Å². The first kappa shape index (κ1) is 19.5. The lowest BCUT2D eigenvalue weighted by Gasteiger charge is -2.39. The Morgan fingerprint density at radius 3 is 2.46 bits per heavy atom. The number of piperidine rings is 1. The maximum atomic E-state index is 12.5. The van der Waals surface area contributed by atoms with Crippen LogP contribution >= 0.6 is 11.8 Å². The fraction of sp³-hybridized carbons (Fsp3) is 0.667. The van der Waals surface area contributed by atoms with E-state index in [1.54, 1.807) is 0 Å². The molecule has 2 fully saturated rings. The number of rotatable bonds is 4. The lowest BCUT2D eigenvalue weighted by molar-refractivity contribution is -0.141. The zero-order chi connectivity index (χ0) is 18.6. The Hall–Kier alpha value is -1.28. The predicted octanol–water partition coefficient (Wildman–Crippen LogP) is 3.44. The summed E-state index contributed by atoms with van der Waals surface area (Å²) in [5.41, 5.74) is -0.822. The van der Waals surface area contributed by atoms with E-state index in [2.05, 4.69) is 15.2 Å². The van der Waals surface area contributed by atoms with E-state index < -0.39 is 11.9 Å². The van der Waals surface area contributed by atoms with Gasteiger partial charge in [-0.05, 0) is 68.3 Å². The number of aromatic nitrogens is 1. The summed E-state index contributed by atoms with van der Waals surface area (Å²) in [6.07, 6.45) is 1.15. The van der Waals surface area contributed by atoms with E-state index in [1.165, 1.54) is 30.4 Å². The van der Waals surface area contributed by atoms with Crippen molar-refractivity contribution in [2.75, 3.05) is 31.1 Å². The smallest absolute Gasteiger partial charge is 0.352 e. The van der Waals surface area contributed by atoms with E-state index in [4.69, 9.17) is 0 Å². The second-order valence-electron chi connectivity index (χ2n) is 6.96. The van der Waals surface area contributed by atoms with E-state index in [-0.39, 0.29) is 11.5 Å². The number of carbonyl (C=O) groups is 1. The van der Waals surface area contributed by atoms with Gasteiger partial charge < -0.3 is 10.2 Å². The summed E-state index contributed by atoms with van der Waals surface area (Å²) in [7, 11) is 0. The van der Waals surface area contributed by atoms with E-state index in [1.807, 2.05) is 11.8 Å². The van der Waals surface area contributed by atoms with Gasteiger partial charge in [0.15, 0.2) is 0 Å². The number of hydrogen-bond acceptors (Lipinski definition) is 4. The third-order valence-electron chi connectivity index (χ3n) is 5.22. The van der Waals surface area contributed by atoms with Gasteiger partial charge in [-0.3, -0.25) is 9.78 Å². The minimum Gasteiger partial charge on any atom is -0.352 e. The molecule has 2 saturated heterocycles. The molecule has 0 saturated carbocycles. The minimum atomic E-state index is -4.49. The summed E-state index contributed by atoms with van der Waals surface area (Å²) in [5, 5.41) is 2.84. The SMILES string of the molecule is O=C(NCC1CCN(C2CCSCC2)CC1)c1ccc(C(F)(F)F)nc1. The number of likely N-dealkylation sites (tertiary alicyclic amines) is 1. The van der Waals surface area contributed by atoms with Crippen LogP contribution in [0.2, 0.25) is 0 Å². The highest BCUT2D eigenvalue weighted by molar-refractivity contribution is 7.99. The van der Waals surface area contributed by atoms with Crippen LogP contribution in [0.4, 0.5) is 13.2 Å². The third-order valence-corrected chi connectivity index (χ3v) is 6.27. The lowest BCUT2D eigenvalue weighted by Crippen LogP contribution is -2.45. The van der Waals surface area contributed by atoms with Gasteiger partial charge in [-0.25, -0.2) is 0 Å². The maximum absolute atomic E-state index is 12.5. The molecule has 0 aliphatic carbocycles. The molecular formula is C18H24F3N3OS. The van der Waals surface area contributed by atoms with Crippen molar-refractivity contribution in [3.63, 3.8) is 0 Å². The van der Waals surface area contributed by atoms with Gasteiger partial charge in [-0.2, -0.15) is 24.9 Å². The van der Waals surface area contributed by atoms with Gasteiger partial charge in [0.25, 0.3) is 5.91 Å². The first-order valence-electron chi connectivity index (χ1n) is 9.07. The van der Waals surface area contributed by atoms with Gasteiger partial charge in [0, 0.05) is 18.8 Å². The van der Waals surface area contributed by atoms with E-state index >= 15 is 0 Å². The number of nitrogens with one attached hydrogen (secondary N) is 1. The molecule has 0 unspecified atom stereocenters. The molecule has 0 atom stereocenters. The Labute approximate surface area is 155 Å². The molecule has 1 N–H and O–H groups in total. The number of hydrogen-bond donors (Lipinski definition) is 1. The number of halogens is 3. The summed E-state index contributed by atoms with van der Waals surface area (Å²) in [6, 6.07) is 2.73. The first-order valence-corrected chi connectivity index (χ1v) is 10.2. The number of thioether (sulfide) groups is 1. The summed E-state index contributed by atoms with van der Waals surface area (Å²) in [5.74, 6) is 2.57. The molecule has 0 radical (unpaired) electrons. The minimum absolute atomic E-state index is 0.162. The highest BCUT2D eigenvalue weighted by Gasteiger charge is 2.32. The average molecular weight is 387 g/mol. The van der Waals surface area contributed by atoms with Crippen molar-refractivity contribution in [2.24, 2.45) is 5.92 Å². The van der Waals surface area contributed by atoms with Crippen LogP contribution in [0.5, 0.6) is 0 Å². The van der Waals surface area contributed by atoms with Crippen LogP contribution in [-0.4, -0.2) is 53.0 Å². The molecule has 0 spiro atoms. The van der Waals surface area contributed by atoms with Crippen molar-refractivity contribution in [1.29, 1.82) is 0 Å². The van der Waals surface area contributed by atoms with Crippen molar-refractivity contribution < 1.29 is 18.0 Å². The molecule has 1 aromatic heterocycles. The summed E-state index contributed by atoms with van der Waals surface area (Å²) in [4.78, 5) is 18.0. The second-order valence-corrected chi connectivity index (χ2v) is 8.19. The monoisotopic (exact) mass is 387 g/mol. The molecule has 8 heteroatoms. The largest absolute Gasteiger partial charge is 0.433 e. The molecule has 0 aromatic carbocycles. The molecule has 0 bridgehead atoms. The molecule has 3 heterocycles. The van der Waals surface area contributed by atoms with Crippen LogP contribution in [0, 0.1) is 5.92 Å². The van der Waals surface area contributed by atoms with Crippen molar-refractivity contribution in [3.05, 3.63) is 29.6 Å². The van der Waals surface area contributed by atoms with E-state index in [0.29, 0.717) is 18.5 Å². The van der Waals surface area contributed by atoms with Crippen LogP contribution < -0.4 is 5.32 Å². The number of alkyl halides is 3. The van der Waals surface area contributed by atoms with Gasteiger partial charge in [0.2, 0.25) is 0 Å². The molecule has 3 rings (SSSR count). The summed E-state index contributed by atoms with van der Waals surface area (Å²) in [6.45, 7) is 2.70. The Bertz CT molecular complexity index is 595. The highest BCUT2D eigenvalue weighted by Crippen LogP contribution is 2.28. The molecule has 1 aromatic rings. The van der Waals surface area contributed by atoms with E-state index in [0.717, 1.165) is 38.2 Å². The number of amides is 1. The number of nitrogens with zero attached hydrogens (tertiary/aromatic N) is 2. The Morgan fingerprint density at radius 1 is 1.19 bits per heavy atom. The lowest BCUT2D eigenvalue weighted by atomic mass is 9.94. The zero-order valence-electron chi connectivity index (χ0n) is 14.6. The van der Waals surface area contributed by atoms with Crippen LogP contribution in [0.1, 0.15) is 41.7 Å². The fourth-order valence-electron chi connectivity index (χ4n) is 3.61. The zero-order valence-corrected chi connectivity index (χ0v) is 15.4. The van der Waals surface area contributed by atoms with Crippen LogP contribution in [0.3, 0.4) is 0 Å². The molecule has 2 aliphatic heterocycles. The molecule has 144 valence electrons. The van der Waals surface area contributed by atoms with Gasteiger partial charge in [-0.1, -0.05) is 0 Å². The number of pyridine rings is 1. The normalized spacial score (nSPS) is 20.9. The second kappa shape index (κ2) is 8.61. The molecule has 26 heavy (non-hydrogen) atoms. The van der Waals surface area contributed by atoms with Crippen LogP contribution in [0.25, 0.3) is 0 Å². The predicted molar refractivity (Wildman–Crippen MR) is 96.2 cm³/mol. The summed E-state index contributed by atoms with van der Waals surface area (Å²) >= 11 is 2.03. The van der Waals surface area contributed by atoms with Crippen LogP contribution in [-0.2, 0) is 6.18 Å². The quantitative estimate of drug-likeness (QED) is 0.860. The third kappa shape index (κ3) is 5.13. The van der Waals surface area contributed by atoms with Crippen LogP contribution in [0.15, 0.2) is 18.3 Å². The van der Waals surface area contributed by atoms with Crippen molar-refractivity contribution >= 4 is 17.7 Å². The van der Waals surface area contributed by atoms with Crippen molar-refractivity contribution in [2.45, 2.75) is 37.9 Å². The maximum Gasteiger partial charge on any atom is 0.433 e. The molecular weight excluding hydrogens is 363 g/mol. The Morgan fingerprint density at radius 2 is 1.88 bits per heavy atom. The topological polar surface area (TPSA) is 45.2 Å². The molecule has 1 amide bonds. The van der Waals surface area contributed by atoms with E-state index in [9.17, 15) is 18.0 Å².